The number of carbonyl (C=O) groups excluding carboxylic acids is 1. The van der Waals surface area contributed by atoms with E-state index >= 15 is 0 Å². The van der Waals surface area contributed by atoms with Gasteiger partial charge in [-0.05, 0) is 30.9 Å². The van der Waals surface area contributed by atoms with E-state index in [1.165, 1.54) is 11.1 Å². The minimum atomic E-state index is -0.781. The number of amides is 1. The number of nitrogens with two attached hydrogens (primary N) is 1. The van der Waals surface area contributed by atoms with Crippen LogP contribution in [0, 0.1) is 0 Å². The third-order valence-corrected chi connectivity index (χ3v) is 4.12. The Balaban J connectivity index is 2.69. The Bertz CT molecular complexity index is 461. The summed E-state index contributed by atoms with van der Waals surface area (Å²) in [6, 6.07) is 8.61. The van der Waals surface area contributed by atoms with Crippen molar-refractivity contribution in [2.75, 3.05) is 6.54 Å². The van der Waals surface area contributed by atoms with Gasteiger partial charge in [0.2, 0.25) is 5.91 Å². The van der Waals surface area contributed by atoms with Crippen molar-refractivity contribution in [3.63, 3.8) is 0 Å². The molecule has 0 saturated carbocycles. The minimum absolute atomic E-state index is 0.0670. The predicted molar refractivity (Wildman–Crippen MR) is 89.4 cm³/mol. The first kappa shape index (κ1) is 17.7. The Hall–Kier alpha value is -1.35. The van der Waals surface area contributed by atoms with E-state index in [1.54, 1.807) is 6.92 Å². The van der Waals surface area contributed by atoms with Gasteiger partial charge in [0.25, 0.3) is 0 Å². The van der Waals surface area contributed by atoms with Crippen LogP contribution in [0.3, 0.4) is 0 Å². The van der Waals surface area contributed by atoms with E-state index in [-0.39, 0.29) is 11.3 Å². The molecule has 0 fully saturated rings. The summed E-state index contributed by atoms with van der Waals surface area (Å²) in [5.74, 6) is -0.0670. The summed E-state index contributed by atoms with van der Waals surface area (Å²) >= 11 is 0. The van der Waals surface area contributed by atoms with E-state index in [4.69, 9.17) is 5.73 Å². The number of benzene rings is 1. The first-order valence-corrected chi connectivity index (χ1v) is 7.89. The summed E-state index contributed by atoms with van der Waals surface area (Å²) in [6.07, 6.45) is 2.65. The number of hydrogen-bond donors (Lipinski definition) is 2. The molecule has 0 radical (unpaired) electrons. The average Bonchev–Trinajstić information content (AvgIpc) is 2.44. The zero-order chi connectivity index (χ0) is 16.1. The van der Waals surface area contributed by atoms with Gasteiger partial charge in [-0.3, -0.25) is 4.79 Å². The summed E-state index contributed by atoms with van der Waals surface area (Å²) in [4.78, 5) is 12.2. The molecule has 118 valence electrons. The summed E-state index contributed by atoms with van der Waals surface area (Å²) in [5, 5.41) is 3.01. The Kier molecular flexibility index (Phi) is 5.97. The van der Waals surface area contributed by atoms with Crippen LogP contribution in [-0.2, 0) is 16.6 Å². The van der Waals surface area contributed by atoms with E-state index in [1.807, 2.05) is 6.92 Å². The maximum atomic E-state index is 12.2. The van der Waals surface area contributed by atoms with Crippen LogP contribution in [0.1, 0.15) is 58.6 Å². The molecule has 3 nitrogen and oxygen atoms in total. The van der Waals surface area contributed by atoms with E-state index in [9.17, 15) is 4.79 Å². The third-order valence-electron chi connectivity index (χ3n) is 4.12. The van der Waals surface area contributed by atoms with Gasteiger partial charge < -0.3 is 11.1 Å². The second-order valence-corrected chi connectivity index (χ2v) is 6.78. The summed E-state index contributed by atoms with van der Waals surface area (Å²) in [5.41, 5.74) is 7.74. The molecule has 0 spiro atoms. The minimum Gasteiger partial charge on any atom is -0.354 e. The maximum absolute atomic E-state index is 12.2. The fraction of sp³-hybridized carbons (Fsp3) is 0.611. The van der Waals surface area contributed by atoms with Gasteiger partial charge in [-0.25, -0.2) is 0 Å². The predicted octanol–water partition coefficient (Wildman–Crippen LogP) is 3.16. The summed E-state index contributed by atoms with van der Waals surface area (Å²) in [7, 11) is 0. The monoisotopic (exact) mass is 290 g/mol. The molecule has 1 rings (SSSR count). The highest BCUT2D eigenvalue weighted by atomic mass is 16.2. The van der Waals surface area contributed by atoms with E-state index in [0.29, 0.717) is 13.0 Å². The SMILES string of the molecule is CCCC(C)(N)C(=O)NCC(C)(C)c1ccc(CC)cc1. The molecule has 1 aromatic rings. The fourth-order valence-corrected chi connectivity index (χ4v) is 2.43. The Labute approximate surface area is 129 Å². The number of rotatable bonds is 7. The van der Waals surface area contributed by atoms with Crippen molar-refractivity contribution in [1.29, 1.82) is 0 Å². The van der Waals surface area contributed by atoms with E-state index in [0.717, 1.165) is 12.8 Å². The van der Waals surface area contributed by atoms with Gasteiger partial charge in [0, 0.05) is 12.0 Å². The highest BCUT2D eigenvalue weighted by Crippen LogP contribution is 2.23. The molecule has 0 aromatic heterocycles. The van der Waals surface area contributed by atoms with Crippen LogP contribution in [0.4, 0.5) is 0 Å². The molecule has 0 aliphatic rings. The van der Waals surface area contributed by atoms with Gasteiger partial charge in [0.05, 0.1) is 5.54 Å². The summed E-state index contributed by atoms with van der Waals surface area (Å²) < 4.78 is 0. The second-order valence-electron chi connectivity index (χ2n) is 6.78. The lowest BCUT2D eigenvalue weighted by molar-refractivity contribution is -0.126. The van der Waals surface area contributed by atoms with Crippen molar-refractivity contribution in [3.8, 4) is 0 Å². The van der Waals surface area contributed by atoms with Gasteiger partial charge in [0.1, 0.15) is 0 Å². The maximum Gasteiger partial charge on any atom is 0.239 e. The Morgan fingerprint density at radius 1 is 1.14 bits per heavy atom. The van der Waals surface area contributed by atoms with Gasteiger partial charge in [-0.2, -0.15) is 0 Å². The smallest absolute Gasteiger partial charge is 0.239 e. The van der Waals surface area contributed by atoms with Crippen LogP contribution in [0.2, 0.25) is 0 Å². The molecule has 21 heavy (non-hydrogen) atoms. The zero-order valence-corrected chi connectivity index (χ0v) is 14.1. The fourth-order valence-electron chi connectivity index (χ4n) is 2.43. The van der Waals surface area contributed by atoms with E-state index in [2.05, 4.69) is 50.4 Å². The first-order valence-electron chi connectivity index (χ1n) is 7.89. The van der Waals surface area contributed by atoms with Crippen molar-refractivity contribution in [1.82, 2.24) is 5.32 Å². The molecule has 0 saturated heterocycles. The standard InChI is InChI=1S/C18H30N2O/c1-6-12-18(5,19)16(21)20-13-17(3,4)15-10-8-14(7-2)9-11-15/h8-11H,6-7,12-13,19H2,1-5H3,(H,20,21). The topological polar surface area (TPSA) is 55.1 Å². The molecule has 0 aliphatic carbocycles. The normalized spacial score (nSPS) is 14.6. The second kappa shape index (κ2) is 7.08. The average molecular weight is 290 g/mol. The Morgan fingerprint density at radius 3 is 2.19 bits per heavy atom. The molecular formula is C18H30N2O. The van der Waals surface area contributed by atoms with Crippen molar-refractivity contribution in [2.45, 2.75) is 64.8 Å². The molecule has 0 bridgehead atoms. The van der Waals surface area contributed by atoms with E-state index < -0.39 is 5.54 Å². The van der Waals surface area contributed by atoms with Crippen LogP contribution in [0.15, 0.2) is 24.3 Å². The lowest BCUT2D eigenvalue weighted by atomic mass is 9.83. The highest BCUT2D eigenvalue weighted by Gasteiger charge is 2.29. The molecule has 0 heterocycles. The van der Waals surface area contributed by atoms with Crippen LogP contribution in [-0.4, -0.2) is 18.0 Å². The largest absolute Gasteiger partial charge is 0.354 e. The molecule has 1 amide bonds. The van der Waals surface area contributed by atoms with Crippen molar-refractivity contribution in [3.05, 3.63) is 35.4 Å². The molecule has 0 aliphatic heterocycles. The molecule has 1 atom stereocenters. The first-order chi connectivity index (χ1) is 9.73. The van der Waals surface area contributed by atoms with Gasteiger partial charge in [0.15, 0.2) is 0 Å². The number of carbonyl (C=O) groups is 1. The summed E-state index contributed by atoms with van der Waals surface area (Å²) in [6.45, 7) is 10.9. The van der Waals surface area contributed by atoms with Crippen LogP contribution < -0.4 is 11.1 Å². The van der Waals surface area contributed by atoms with Crippen molar-refractivity contribution in [2.24, 2.45) is 5.73 Å². The number of hydrogen-bond acceptors (Lipinski definition) is 2. The molecule has 1 unspecified atom stereocenters. The third kappa shape index (κ3) is 4.85. The van der Waals surface area contributed by atoms with Crippen molar-refractivity contribution >= 4 is 5.91 Å². The van der Waals surface area contributed by atoms with Crippen LogP contribution in [0.5, 0.6) is 0 Å². The van der Waals surface area contributed by atoms with Gasteiger partial charge >= 0.3 is 0 Å². The molecule has 1 aromatic carbocycles. The van der Waals surface area contributed by atoms with Gasteiger partial charge in [-0.15, -0.1) is 0 Å². The van der Waals surface area contributed by atoms with Gasteiger partial charge in [-0.1, -0.05) is 58.4 Å². The lowest BCUT2D eigenvalue weighted by Gasteiger charge is -2.29. The molecular weight excluding hydrogens is 260 g/mol. The van der Waals surface area contributed by atoms with Crippen molar-refractivity contribution < 1.29 is 4.79 Å². The quantitative estimate of drug-likeness (QED) is 0.810. The van der Waals surface area contributed by atoms with Crippen LogP contribution >= 0.6 is 0 Å². The number of nitrogens with one attached hydrogen (secondary N) is 1. The van der Waals surface area contributed by atoms with Crippen LogP contribution in [0.25, 0.3) is 0 Å². The number of aryl methyl sites for hydroxylation is 1. The molecule has 3 N–H and O–H groups in total. The molecule has 3 heteroatoms. The Morgan fingerprint density at radius 2 is 1.71 bits per heavy atom. The lowest BCUT2D eigenvalue weighted by Crippen LogP contribution is -2.53. The highest BCUT2D eigenvalue weighted by molar-refractivity contribution is 5.85. The zero-order valence-electron chi connectivity index (χ0n) is 14.1.